The minimum Gasteiger partial charge on any atom is -0.298 e. The van der Waals surface area contributed by atoms with Gasteiger partial charge in [-0.15, -0.1) is 0 Å². The Labute approximate surface area is 56.1 Å². The Kier molecular flexibility index (Phi) is 4.79. The topological polar surface area (TPSA) is 17.1 Å². The summed E-state index contributed by atoms with van der Waals surface area (Å²) in [7, 11) is 0. The molecule has 1 heteroatoms. The fourth-order valence-electron chi connectivity index (χ4n) is 0.460. The molecule has 1 nitrogen and oxygen atoms in total. The van der Waals surface area contributed by atoms with Crippen LogP contribution in [0.4, 0.5) is 0 Å². The minimum absolute atomic E-state index is 0.813. The summed E-state index contributed by atoms with van der Waals surface area (Å²) in [5, 5.41) is 0. The second-order valence-electron chi connectivity index (χ2n) is 1.74. The summed E-state index contributed by atoms with van der Waals surface area (Å²) in [4.78, 5) is 10.1. The van der Waals surface area contributed by atoms with E-state index in [0.717, 1.165) is 18.3 Å². The van der Waals surface area contributed by atoms with Gasteiger partial charge in [0.1, 0.15) is 6.29 Å². The van der Waals surface area contributed by atoms with Crippen molar-refractivity contribution in [2.45, 2.75) is 20.3 Å². The highest BCUT2D eigenvalue weighted by molar-refractivity contribution is 5.73. The van der Waals surface area contributed by atoms with Crippen LogP contribution >= 0.6 is 0 Å². The van der Waals surface area contributed by atoms with Crippen LogP contribution in [-0.4, -0.2) is 6.29 Å². The molecule has 0 aliphatic rings. The molecule has 0 aliphatic carbocycles. The van der Waals surface area contributed by atoms with Gasteiger partial charge in [0.05, 0.1) is 0 Å². The first kappa shape index (κ1) is 8.15. The number of aldehydes is 1. The Hall–Kier alpha value is -0.850. The van der Waals surface area contributed by atoms with E-state index in [2.05, 4.69) is 0 Å². The fourth-order valence-corrected chi connectivity index (χ4v) is 0.460. The maximum atomic E-state index is 10.1. The van der Waals surface area contributed by atoms with Gasteiger partial charge in [-0.2, -0.15) is 0 Å². The third kappa shape index (κ3) is 3.71. The molecule has 0 unspecified atom stereocenters. The highest BCUT2D eigenvalue weighted by Crippen LogP contribution is 1.94. The molecule has 50 valence electrons. The van der Waals surface area contributed by atoms with E-state index in [1.807, 2.05) is 32.1 Å². The number of carbonyl (C=O) groups excluding carboxylic acids is 1. The van der Waals surface area contributed by atoms with Crippen LogP contribution in [0.2, 0.25) is 0 Å². The summed E-state index contributed by atoms with van der Waals surface area (Å²) in [6.45, 7) is 3.89. The number of hydrogen-bond acceptors (Lipinski definition) is 1. The molecule has 0 N–H and O–H groups in total. The quantitative estimate of drug-likeness (QED) is 0.320. The summed E-state index contributed by atoms with van der Waals surface area (Å²) >= 11 is 0. The zero-order chi connectivity index (χ0) is 7.11. The lowest BCUT2D eigenvalue weighted by atomic mass is 10.2. The molecule has 9 heavy (non-hydrogen) atoms. The van der Waals surface area contributed by atoms with E-state index in [9.17, 15) is 4.79 Å². The van der Waals surface area contributed by atoms with Crippen molar-refractivity contribution < 1.29 is 4.79 Å². The van der Waals surface area contributed by atoms with Gasteiger partial charge in [-0.05, 0) is 18.9 Å². The second-order valence-corrected chi connectivity index (χ2v) is 1.74. The molecule has 0 atom stereocenters. The monoisotopic (exact) mass is 124 g/mol. The van der Waals surface area contributed by atoms with E-state index >= 15 is 0 Å². The maximum absolute atomic E-state index is 10.1. The van der Waals surface area contributed by atoms with E-state index in [1.54, 1.807) is 0 Å². The van der Waals surface area contributed by atoms with E-state index in [1.165, 1.54) is 0 Å². The van der Waals surface area contributed by atoms with Crippen LogP contribution in [0, 0.1) is 0 Å². The van der Waals surface area contributed by atoms with Crippen molar-refractivity contribution in [3.63, 3.8) is 0 Å². The van der Waals surface area contributed by atoms with Crippen molar-refractivity contribution in [3.05, 3.63) is 23.8 Å². The molecular formula is C8H12O. The molecule has 0 radical (unpaired) electrons. The molecule has 0 fully saturated rings. The first-order valence-corrected chi connectivity index (χ1v) is 3.12. The summed E-state index contributed by atoms with van der Waals surface area (Å²) in [6.07, 6.45) is 7.30. The number of hydrogen-bond donors (Lipinski definition) is 0. The molecule has 0 aliphatic heterocycles. The average molecular weight is 124 g/mol. The van der Waals surface area contributed by atoms with E-state index < -0.39 is 0 Å². The number of allylic oxidation sites excluding steroid dienone is 4. The van der Waals surface area contributed by atoms with Crippen LogP contribution in [0.3, 0.4) is 0 Å². The van der Waals surface area contributed by atoms with Crippen LogP contribution in [0.15, 0.2) is 23.8 Å². The second kappa shape index (κ2) is 5.29. The van der Waals surface area contributed by atoms with Gasteiger partial charge < -0.3 is 0 Å². The van der Waals surface area contributed by atoms with Crippen LogP contribution in [-0.2, 0) is 4.79 Å². The Bertz CT molecular complexity index is 132. The van der Waals surface area contributed by atoms with Gasteiger partial charge in [0.15, 0.2) is 0 Å². The highest BCUT2D eigenvalue weighted by Gasteiger charge is 1.84. The van der Waals surface area contributed by atoms with Crippen molar-refractivity contribution in [2.75, 3.05) is 0 Å². The lowest BCUT2D eigenvalue weighted by molar-refractivity contribution is -0.105. The third-order valence-electron chi connectivity index (χ3n) is 1.06. The van der Waals surface area contributed by atoms with Gasteiger partial charge in [0.2, 0.25) is 0 Å². The molecule has 0 bridgehead atoms. The molecule has 0 aromatic heterocycles. The minimum atomic E-state index is 0.813. The van der Waals surface area contributed by atoms with Gasteiger partial charge >= 0.3 is 0 Å². The fraction of sp³-hybridized carbons (Fsp3) is 0.375. The third-order valence-corrected chi connectivity index (χ3v) is 1.06. The lowest BCUT2D eigenvalue weighted by Gasteiger charge is -1.85. The predicted octanol–water partition coefficient (Wildman–Crippen LogP) is 2.10. The average Bonchev–Trinajstić information content (AvgIpc) is 1.91. The largest absolute Gasteiger partial charge is 0.298 e. The summed E-state index contributed by atoms with van der Waals surface area (Å²) in [6, 6.07) is 0. The summed E-state index contributed by atoms with van der Waals surface area (Å²) in [5.41, 5.74) is 0.841. The highest BCUT2D eigenvalue weighted by atomic mass is 16.1. The molecule has 0 aromatic rings. The van der Waals surface area contributed by atoms with Crippen LogP contribution < -0.4 is 0 Å². The van der Waals surface area contributed by atoms with Gasteiger partial charge in [0, 0.05) is 0 Å². The SMILES string of the molecule is C/C=C\C=C(\C=O)CC. The molecule has 0 rings (SSSR count). The van der Waals surface area contributed by atoms with Crippen LogP contribution in [0.5, 0.6) is 0 Å². The summed E-state index contributed by atoms with van der Waals surface area (Å²) in [5.74, 6) is 0. The van der Waals surface area contributed by atoms with E-state index in [4.69, 9.17) is 0 Å². The first-order chi connectivity index (χ1) is 4.35. The van der Waals surface area contributed by atoms with E-state index in [-0.39, 0.29) is 0 Å². The first-order valence-electron chi connectivity index (χ1n) is 3.12. The molecule has 0 saturated carbocycles. The molecular weight excluding hydrogens is 112 g/mol. The van der Waals surface area contributed by atoms with Gasteiger partial charge in [-0.3, -0.25) is 4.79 Å². The standard InChI is InChI=1S/C8H12O/c1-3-5-6-8(4-2)7-9/h3,5-7H,4H2,1-2H3/b5-3-,8-6+. The Morgan fingerprint density at radius 3 is 2.56 bits per heavy atom. The number of carbonyl (C=O) groups is 1. The molecule has 0 amide bonds. The molecule has 0 aromatic carbocycles. The Morgan fingerprint density at radius 1 is 1.56 bits per heavy atom. The van der Waals surface area contributed by atoms with Crippen molar-refractivity contribution in [1.29, 1.82) is 0 Å². The van der Waals surface area contributed by atoms with Crippen LogP contribution in [0.25, 0.3) is 0 Å². The maximum Gasteiger partial charge on any atom is 0.146 e. The molecule has 0 saturated heterocycles. The predicted molar refractivity (Wildman–Crippen MR) is 39.3 cm³/mol. The van der Waals surface area contributed by atoms with Gasteiger partial charge in [-0.25, -0.2) is 0 Å². The van der Waals surface area contributed by atoms with E-state index in [0.29, 0.717) is 0 Å². The Balaban J connectivity index is 3.90. The Morgan fingerprint density at radius 2 is 2.22 bits per heavy atom. The normalized spacial score (nSPS) is 12.4. The van der Waals surface area contributed by atoms with Crippen molar-refractivity contribution in [2.24, 2.45) is 0 Å². The number of rotatable bonds is 3. The zero-order valence-corrected chi connectivity index (χ0v) is 5.92. The van der Waals surface area contributed by atoms with Crippen LogP contribution in [0.1, 0.15) is 20.3 Å². The van der Waals surface area contributed by atoms with Gasteiger partial charge in [-0.1, -0.05) is 25.2 Å². The smallest absolute Gasteiger partial charge is 0.146 e. The zero-order valence-electron chi connectivity index (χ0n) is 5.92. The van der Waals surface area contributed by atoms with Crippen molar-refractivity contribution in [1.82, 2.24) is 0 Å². The van der Waals surface area contributed by atoms with Crippen molar-refractivity contribution >= 4 is 6.29 Å². The molecule has 0 heterocycles. The molecule has 0 spiro atoms. The lowest BCUT2D eigenvalue weighted by Crippen LogP contribution is -1.78. The van der Waals surface area contributed by atoms with Gasteiger partial charge in [0.25, 0.3) is 0 Å². The van der Waals surface area contributed by atoms with Crippen molar-refractivity contribution in [3.8, 4) is 0 Å². The summed E-state index contributed by atoms with van der Waals surface area (Å²) < 4.78 is 0.